The van der Waals surface area contributed by atoms with Crippen molar-refractivity contribution in [3.63, 3.8) is 0 Å². The molecule has 0 radical (unpaired) electrons. The van der Waals surface area contributed by atoms with Crippen molar-refractivity contribution in [1.29, 1.82) is 0 Å². The quantitative estimate of drug-likeness (QED) is 0.873. The van der Waals surface area contributed by atoms with E-state index in [4.69, 9.17) is 11.6 Å². The SMILES string of the molecule is Cl.O=S(=O)(c1ccccc1Cl)N1CCC(NCC2CC2)CC1. The topological polar surface area (TPSA) is 49.4 Å². The maximum Gasteiger partial charge on any atom is 0.244 e. The van der Waals surface area contributed by atoms with Gasteiger partial charge in [-0.25, -0.2) is 8.42 Å². The van der Waals surface area contributed by atoms with E-state index >= 15 is 0 Å². The van der Waals surface area contributed by atoms with Gasteiger partial charge in [0.15, 0.2) is 0 Å². The fourth-order valence-electron chi connectivity index (χ4n) is 2.75. The second-order valence-electron chi connectivity index (χ2n) is 5.96. The number of nitrogens with one attached hydrogen (secondary N) is 1. The van der Waals surface area contributed by atoms with Crippen molar-refractivity contribution in [3.05, 3.63) is 29.3 Å². The molecule has 0 spiro atoms. The number of rotatable bonds is 5. The van der Waals surface area contributed by atoms with E-state index in [1.54, 1.807) is 28.6 Å². The van der Waals surface area contributed by atoms with Gasteiger partial charge in [-0.3, -0.25) is 0 Å². The van der Waals surface area contributed by atoms with E-state index in [9.17, 15) is 8.42 Å². The van der Waals surface area contributed by atoms with Crippen LogP contribution in [-0.2, 0) is 10.0 Å². The molecule has 0 atom stereocenters. The summed E-state index contributed by atoms with van der Waals surface area (Å²) in [6, 6.07) is 7.11. The van der Waals surface area contributed by atoms with Gasteiger partial charge in [0.2, 0.25) is 10.0 Å². The second-order valence-corrected chi connectivity index (χ2v) is 8.27. The van der Waals surface area contributed by atoms with Gasteiger partial charge in [-0.2, -0.15) is 4.31 Å². The Kier molecular flexibility index (Phi) is 6.14. The van der Waals surface area contributed by atoms with Crippen molar-refractivity contribution in [2.24, 2.45) is 5.92 Å². The third-order valence-electron chi connectivity index (χ3n) is 4.30. The Labute approximate surface area is 143 Å². The minimum atomic E-state index is -3.46. The normalized spacial score (nSPS) is 20.6. The maximum atomic E-state index is 12.6. The van der Waals surface area contributed by atoms with Crippen LogP contribution in [0.4, 0.5) is 0 Å². The maximum absolute atomic E-state index is 12.6. The summed E-state index contributed by atoms with van der Waals surface area (Å²) < 4.78 is 26.8. The van der Waals surface area contributed by atoms with Gasteiger partial charge in [-0.1, -0.05) is 23.7 Å². The Bertz CT molecular complexity index is 597. The lowest BCUT2D eigenvalue weighted by molar-refractivity contribution is 0.288. The predicted octanol–water partition coefficient (Wildman–Crippen LogP) is 2.91. The van der Waals surface area contributed by atoms with Crippen molar-refractivity contribution in [1.82, 2.24) is 9.62 Å². The van der Waals surface area contributed by atoms with Crippen LogP contribution in [0, 0.1) is 5.92 Å². The average Bonchev–Trinajstić information content (AvgIpc) is 3.30. The molecule has 1 saturated heterocycles. The van der Waals surface area contributed by atoms with Gasteiger partial charge in [-0.05, 0) is 50.3 Å². The van der Waals surface area contributed by atoms with Crippen LogP contribution in [0.3, 0.4) is 0 Å². The zero-order valence-corrected chi connectivity index (χ0v) is 14.8. The molecule has 0 bridgehead atoms. The Morgan fingerprint density at radius 2 is 1.77 bits per heavy atom. The Morgan fingerprint density at radius 1 is 1.14 bits per heavy atom. The molecule has 22 heavy (non-hydrogen) atoms. The van der Waals surface area contributed by atoms with Gasteiger partial charge in [-0.15, -0.1) is 12.4 Å². The van der Waals surface area contributed by atoms with Crippen LogP contribution in [0.15, 0.2) is 29.2 Å². The third kappa shape index (κ3) is 4.15. The highest BCUT2D eigenvalue weighted by Crippen LogP contribution is 2.29. The average molecular weight is 365 g/mol. The largest absolute Gasteiger partial charge is 0.314 e. The van der Waals surface area contributed by atoms with Crippen molar-refractivity contribution in [3.8, 4) is 0 Å². The summed E-state index contributed by atoms with van der Waals surface area (Å²) in [5.41, 5.74) is 0. The summed E-state index contributed by atoms with van der Waals surface area (Å²) in [7, 11) is -3.46. The smallest absolute Gasteiger partial charge is 0.244 e. The zero-order chi connectivity index (χ0) is 14.9. The summed E-state index contributed by atoms with van der Waals surface area (Å²) in [5.74, 6) is 0.856. The highest BCUT2D eigenvalue weighted by molar-refractivity contribution is 7.89. The highest BCUT2D eigenvalue weighted by Gasteiger charge is 2.31. The summed E-state index contributed by atoms with van der Waals surface area (Å²) in [6.45, 7) is 2.22. The molecule has 0 aromatic heterocycles. The van der Waals surface area contributed by atoms with E-state index in [-0.39, 0.29) is 17.3 Å². The first kappa shape index (κ1) is 18.0. The molecular formula is C15H22Cl2N2O2S. The lowest BCUT2D eigenvalue weighted by Crippen LogP contribution is -2.45. The molecule has 124 valence electrons. The number of halogens is 2. The number of hydrogen-bond acceptors (Lipinski definition) is 3. The molecule has 0 amide bonds. The third-order valence-corrected chi connectivity index (χ3v) is 6.70. The van der Waals surface area contributed by atoms with Crippen LogP contribution in [0.2, 0.25) is 5.02 Å². The van der Waals surface area contributed by atoms with Gasteiger partial charge in [0.05, 0.1) is 5.02 Å². The lowest BCUT2D eigenvalue weighted by atomic mass is 10.1. The molecule has 4 nitrogen and oxygen atoms in total. The minimum Gasteiger partial charge on any atom is -0.314 e. The molecule has 1 aromatic carbocycles. The van der Waals surface area contributed by atoms with Crippen molar-refractivity contribution < 1.29 is 8.42 Å². The predicted molar refractivity (Wildman–Crippen MR) is 91.2 cm³/mol. The van der Waals surface area contributed by atoms with E-state index in [1.807, 2.05) is 0 Å². The molecule has 1 aliphatic carbocycles. The van der Waals surface area contributed by atoms with Crippen molar-refractivity contribution in [2.45, 2.75) is 36.6 Å². The van der Waals surface area contributed by atoms with Crippen LogP contribution >= 0.6 is 24.0 Å². The first-order valence-electron chi connectivity index (χ1n) is 7.55. The van der Waals surface area contributed by atoms with Crippen LogP contribution in [-0.4, -0.2) is 38.4 Å². The Balaban J connectivity index is 0.00000176. The molecule has 2 fully saturated rings. The first-order chi connectivity index (χ1) is 10.1. The van der Waals surface area contributed by atoms with Gasteiger partial charge in [0.25, 0.3) is 0 Å². The van der Waals surface area contributed by atoms with E-state index in [2.05, 4.69) is 5.32 Å². The molecule has 1 heterocycles. The Hall–Kier alpha value is -0.330. The molecule has 7 heteroatoms. The van der Waals surface area contributed by atoms with Crippen molar-refractivity contribution in [2.75, 3.05) is 19.6 Å². The second kappa shape index (κ2) is 7.49. The van der Waals surface area contributed by atoms with E-state index in [0.717, 1.165) is 25.3 Å². The number of nitrogens with zero attached hydrogens (tertiary/aromatic N) is 1. The number of sulfonamides is 1. The fraction of sp³-hybridized carbons (Fsp3) is 0.600. The molecule has 2 aliphatic rings. The lowest BCUT2D eigenvalue weighted by Gasteiger charge is -2.32. The van der Waals surface area contributed by atoms with Crippen LogP contribution in [0.25, 0.3) is 0 Å². The first-order valence-corrected chi connectivity index (χ1v) is 9.37. The number of piperidine rings is 1. The molecule has 1 saturated carbocycles. The van der Waals surface area contributed by atoms with Gasteiger partial charge in [0.1, 0.15) is 4.90 Å². The molecule has 3 rings (SSSR count). The van der Waals surface area contributed by atoms with E-state index in [1.165, 1.54) is 12.8 Å². The van der Waals surface area contributed by atoms with Gasteiger partial charge >= 0.3 is 0 Å². The van der Waals surface area contributed by atoms with E-state index in [0.29, 0.717) is 24.2 Å². The Morgan fingerprint density at radius 3 is 2.36 bits per heavy atom. The standard InChI is InChI=1S/C15H21ClN2O2S.ClH/c16-14-3-1-2-4-15(14)21(19,20)18-9-7-13(8-10-18)17-11-12-5-6-12;/h1-4,12-13,17H,5-11H2;1H. The summed E-state index contributed by atoms with van der Waals surface area (Å²) in [6.07, 6.45) is 4.42. The molecule has 1 aliphatic heterocycles. The molecule has 0 unspecified atom stereocenters. The van der Waals surface area contributed by atoms with Crippen molar-refractivity contribution >= 4 is 34.0 Å². The fourth-order valence-corrected chi connectivity index (χ4v) is 4.71. The van der Waals surface area contributed by atoms with Crippen LogP contribution < -0.4 is 5.32 Å². The summed E-state index contributed by atoms with van der Waals surface area (Å²) in [5, 5.41) is 3.86. The number of benzene rings is 1. The molecule has 1 N–H and O–H groups in total. The summed E-state index contributed by atoms with van der Waals surface area (Å²) in [4.78, 5) is 0.219. The van der Waals surface area contributed by atoms with Gasteiger partial charge < -0.3 is 5.32 Å². The zero-order valence-electron chi connectivity index (χ0n) is 12.4. The van der Waals surface area contributed by atoms with Gasteiger partial charge in [0, 0.05) is 19.1 Å². The minimum absolute atomic E-state index is 0. The summed E-state index contributed by atoms with van der Waals surface area (Å²) >= 11 is 6.03. The van der Waals surface area contributed by atoms with Crippen LogP contribution in [0.1, 0.15) is 25.7 Å². The van der Waals surface area contributed by atoms with E-state index < -0.39 is 10.0 Å². The monoisotopic (exact) mass is 364 g/mol. The highest BCUT2D eigenvalue weighted by atomic mass is 35.5. The molecular weight excluding hydrogens is 343 g/mol. The number of hydrogen-bond donors (Lipinski definition) is 1. The van der Waals surface area contributed by atoms with Crippen LogP contribution in [0.5, 0.6) is 0 Å². The molecule has 1 aromatic rings.